The third-order valence-electron chi connectivity index (χ3n) is 6.37. The number of benzene rings is 3. The first-order valence-corrected chi connectivity index (χ1v) is 12.2. The molecule has 0 amide bonds. The molecule has 3 aromatic carbocycles. The van der Waals surface area contributed by atoms with Crippen molar-refractivity contribution in [1.29, 1.82) is 0 Å². The summed E-state index contributed by atoms with van der Waals surface area (Å²) in [4.78, 5) is 7.40. The molecule has 0 radical (unpaired) electrons. The molecule has 0 aliphatic carbocycles. The number of aromatic nitrogens is 1. The van der Waals surface area contributed by atoms with E-state index in [9.17, 15) is 0 Å². The summed E-state index contributed by atoms with van der Waals surface area (Å²) < 4.78 is 6.14. The Morgan fingerprint density at radius 1 is 0.879 bits per heavy atom. The number of hydrogen-bond acceptors (Lipinski definition) is 3. The van der Waals surface area contributed by atoms with E-state index in [0.717, 1.165) is 53.5 Å². The standard InChI is InChI=1S/C28H26Cl2N2O/c29-24-11-9-23(25(30)18-24)19-33-26-8-4-7-22-10-12-27(31-28(22)26)32-15-13-21(14-16-32)17-20-5-2-1-3-6-20/h1-12,18,21H,13-17,19H2. The van der Waals surface area contributed by atoms with Gasteiger partial charge in [0.15, 0.2) is 0 Å². The third-order valence-corrected chi connectivity index (χ3v) is 6.96. The number of anilines is 1. The zero-order chi connectivity index (χ0) is 22.6. The summed E-state index contributed by atoms with van der Waals surface area (Å²) in [5.41, 5.74) is 3.21. The molecule has 5 heteroatoms. The molecular formula is C28H26Cl2N2O. The number of para-hydroxylation sites is 1. The Kier molecular flexibility index (Phi) is 6.70. The van der Waals surface area contributed by atoms with Gasteiger partial charge in [-0.2, -0.15) is 0 Å². The minimum atomic E-state index is 0.367. The molecule has 1 fully saturated rings. The lowest BCUT2D eigenvalue weighted by Gasteiger charge is -2.33. The first kappa shape index (κ1) is 22.1. The Bertz CT molecular complexity index is 1240. The molecule has 0 saturated carbocycles. The van der Waals surface area contributed by atoms with Gasteiger partial charge in [0.25, 0.3) is 0 Å². The second kappa shape index (κ2) is 10.0. The van der Waals surface area contributed by atoms with Crippen molar-refractivity contribution >= 4 is 39.9 Å². The van der Waals surface area contributed by atoms with Gasteiger partial charge < -0.3 is 9.64 Å². The number of halogens is 2. The number of piperidine rings is 1. The number of ether oxygens (including phenoxy) is 1. The van der Waals surface area contributed by atoms with Crippen LogP contribution in [0.3, 0.4) is 0 Å². The fourth-order valence-corrected chi connectivity index (χ4v) is 4.97. The van der Waals surface area contributed by atoms with Crippen LogP contribution in [0, 0.1) is 5.92 Å². The van der Waals surface area contributed by atoms with Gasteiger partial charge in [-0.05, 0) is 61.1 Å². The summed E-state index contributed by atoms with van der Waals surface area (Å²) >= 11 is 12.3. The molecule has 4 aromatic rings. The number of fused-ring (bicyclic) bond motifs is 1. The Morgan fingerprint density at radius 2 is 1.70 bits per heavy atom. The van der Waals surface area contributed by atoms with Crippen LogP contribution in [-0.4, -0.2) is 18.1 Å². The molecule has 168 valence electrons. The van der Waals surface area contributed by atoms with Gasteiger partial charge in [-0.3, -0.25) is 0 Å². The lowest BCUT2D eigenvalue weighted by molar-refractivity contribution is 0.309. The third kappa shape index (κ3) is 5.26. The van der Waals surface area contributed by atoms with Gasteiger partial charge in [0.1, 0.15) is 23.7 Å². The highest BCUT2D eigenvalue weighted by Crippen LogP contribution is 2.30. The predicted molar refractivity (Wildman–Crippen MR) is 138 cm³/mol. The summed E-state index contributed by atoms with van der Waals surface area (Å²) in [6.07, 6.45) is 3.52. The van der Waals surface area contributed by atoms with E-state index in [1.54, 1.807) is 6.07 Å². The van der Waals surface area contributed by atoms with E-state index in [1.165, 1.54) is 18.4 Å². The summed E-state index contributed by atoms with van der Waals surface area (Å²) in [5.74, 6) is 2.51. The molecule has 1 aliphatic rings. The van der Waals surface area contributed by atoms with Crippen molar-refractivity contribution in [1.82, 2.24) is 4.98 Å². The van der Waals surface area contributed by atoms with E-state index in [1.807, 2.05) is 24.3 Å². The summed E-state index contributed by atoms with van der Waals surface area (Å²) in [7, 11) is 0. The minimum absolute atomic E-state index is 0.367. The Morgan fingerprint density at radius 3 is 2.48 bits per heavy atom. The van der Waals surface area contributed by atoms with E-state index < -0.39 is 0 Å². The highest BCUT2D eigenvalue weighted by atomic mass is 35.5. The lowest BCUT2D eigenvalue weighted by atomic mass is 9.90. The predicted octanol–water partition coefficient (Wildman–Crippen LogP) is 7.58. The van der Waals surface area contributed by atoms with E-state index >= 15 is 0 Å². The maximum atomic E-state index is 6.32. The van der Waals surface area contributed by atoms with Crippen molar-refractivity contribution in [2.75, 3.05) is 18.0 Å². The van der Waals surface area contributed by atoms with Crippen LogP contribution in [0.1, 0.15) is 24.0 Å². The van der Waals surface area contributed by atoms with Crippen LogP contribution >= 0.6 is 23.2 Å². The fourth-order valence-electron chi connectivity index (χ4n) is 4.51. The van der Waals surface area contributed by atoms with Crippen molar-refractivity contribution in [3.05, 3.63) is 100 Å². The monoisotopic (exact) mass is 476 g/mol. The van der Waals surface area contributed by atoms with Crippen molar-refractivity contribution in [3.63, 3.8) is 0 Å². The molecule has 0 bridgehead atoms. The van der Waals surface area contributed by atoms with E-state index in [-0.39, 0.29) is 0 Å². The van der Waals surface area contributed by atoms with Gasteiger partial charge in [-0.15, -0.1) is 0 Å². The molecule has 0 N–H and O–H groups in total. The molecular weight excluding hydrogens is 451 g/mol. The molecule has 1 saturated heterocycles. The highest BCUT2D eigenvalue weighted by Gasteiger charge is 2.21. The van der Waals surface area contributed by atoms with Crippen LogP contribution in [0.4, 0.5) is 5.82 Å². The summed E-state index contributed by atoms with van der Waals surface area (Å²) in [5, 5.41) is 2.29. The summed E-state index contributed by atoms with van der Waals surface area (Å²) in [6, 6.07) is 26.6. The lowest BCUT2D eigenvalue weighted by Crippen LogP contribution is -2.34. The molecule has 2 heterocycles. The number of pyridine rings is 1. The molecule has 0 atom stereocenters. The first-order valence-electron chi connectivity index (χ1n) is 11.4. The SMILES string of the molecule is Clc1ccc(COc2cccc3ccc(N4CCC(Cc5ccccc5)CC4)nc23)c(Cl)c1. The van der Waals surface area contributed by atoms with Gasteiger partial charge in [0, 0.05) is 34.1 Å². The maximum Gasteiger partial charge on any atom is 0.146 e. The molecule has 0 spiro atoms. The second-order valence-corrected chi connectivity index (χ2v) is 9.49. The van der Waals surface area contributed by atoms with Gasteiger partial charge in [-0.1, -0.05) is 71.7 Å². The molecule has 1 aromatic heterocycles. The normalized spacial score (nSPS) is 14.5. The molecule has 0 unspecified atom stereocenters. The van der Waals surface area contributed by atoms with Crippen LogP contribution in [0.15, 0.2) is 78.9 Å². The van der Waals surface area contributed by atoms with Crippen LogP contribution in [0.25, 0.3) is 10.9 Å². The molecule has 3 nitrogen and oxygen atoms in total. The van der Waals surface area contributed by atoms with Crippen molar-refractivity contribution in [2.45, 2.75) is 25.9 Å². The number of hydrogen-bond donors (Lipinski definition) is 0. The zero-order valence-corrected chi connectivity index (χ0v) is 19.9. The summed E-state index contributed by atoms with van der Waals surface area (Å²) in [6.45, 7) is 2.42. The largest absolute Gasteiger partial charge is 0.487 e. The van der Waals surface area contributed by atoms with Crippen molar-refractivity contribution < 1.29 is 4.74 Å². The minimum Gasteiger partial charge on any atom is -0.487 e. The van der Waals surface area contributed by atoms with Gasteiger partial charge in [-0.25, -0.2) is 4.98 Å². The number of nitrogens with zero attached hydrogens (tertiary/aromatic N) is 2. The van der Waals surface area contributed by atoms with Gasteiger partial charge >= 0.3 is 0 Å². The van der Waals surface area contributed by atoms with Gasteiger partial charge in [0.05, 0.1) is 0 Å². The Balaban J connectivity index is 1.29. The maximum absolute atomic E-state index is 6.32. The zero-order valence-electron chi connectivity index (χ0n) is 18.4. The van der Waals surface area contributed by atoms with Crippen LogP contribution in [0.5, 0.6) is 5.75 Å². The van der Waals surface area contributed by atoms with E-state index in [0.29, 0.717) is 16.7 Å². The van der Waals surface area contributed by atoms with Crippen molar-refractivity contribution in [3.8, 4) is 5.75 Å². The van der Waals surface area contributed by atoms with Crippen LogP contribution < -0.4 is 9.64 Å². The number of rotatable bonds is 6. The van der Waals surface area contributed by atoms with E-state index in [2.05, 4.69) is 53.4 Å². The topological polar surface area (TPSA) is 25.4 Å². The van der Waals surface area contributed by atoms with Crippen molar-refractivity contribution in [2.24, 2.45) is 5.92 Å². The highest BCUT2D eigenvalue weighted by molar-refractivity contribution is 6.35. The smallest absolute Gasteiger partial charge is 0.146 e. The average Bonchev–Trinajstić information content (AvgIpc) is 2.84. The van der Waals surface area contributed by atoms with Crippen LogP contribution in [0.2, 0.25) is 10.0 Å². The van der Waals surface area contributed by atoms with Gasteiger partial charge in [0.2, 0.25) is 0 Å². The Hall–Kier alpha value is -2.75. The fraction of sp³-hybridized carbons (Fsp3) is 0.250. The molecule has 33 heavy (non-hydrogen) atoms. The molecule has 5 rings (SSSR count). The quantitative estimate of drug-likeness (QED) is 0.286. The van der Waals surface area contributed by atoms with Crippen LogP contribution in [-0.2, 0) is 13.0 Å². The average molecular weight is 477 g/mol. The molecule has 1 aliphatic heterocycles. The second-order valence-electron chi connectivity index (χ2n) is 8.64. The first-order chi connectivity index (χ1) is 16.2. The Labute approximate surface area is 204 Å². The van der Waals surface area contributed by atoms with E-state index in [4.69, 9.17) is 32.9 Å².